The van der Waals surface area contributed by atoms with Crippen molar-refractivity contribution in [1.29, 1.82) is 21.0 Å². The van der Waals surface area contributed by atoms with Crippen LogP contribution in [0, 0.1) is 45.3 Å². The monoisotopic (exact) mass is 528 g/mol. The van der Waals surface area contributed by atoms with E-state index < -0.39 is 12.2 Å². The van der Waals surface area contributed by atoms with Crippen LogP contribution < -0.4 is 9.47 Å². The lowest BCUT2D eigenvalue weighted by Gasteiger charge is -2.19. The van der Waals surface area contributed by atoms with E-state index in [0.29, 0.717) is 28.1 Å². The molecule has 0 radical (unpaired) electrons. The maximum atomic E-state index is 12.5. The van der Waals surface area contributed by atoms with Crippen molar-refractivity contribution in [1.82, 2.24) is 9.80 Å². The molecule has 0 saturated carbocycles. The number of nitriles is 4. The summed E-state index contributed by atoms with van der Waals surface area (Å²) in [4.78, 5) is 28.9. The molecule has 0 N–H and O–H groups in total. The molecule has 0 spiro atoms. The molecule has 2 aliphatic heterocycles. The highest BCUT2D eigenvalue weighted by molar-refractivity contribution is 8.26. The van der Waals surface area contributed by atoms with Crippen LogP contribution in [0.2, 0.25) is 0 Å². The van der Waals surface area contributed by atoms with Crippen LogP contribution in [0.25, 0.3) is 0 Å². The third-order valence-corrected chi connectivity index (χ3v) is 9.17. The van der Waals surface area contributed by atoms with E-state index in [2.05, 4.69) is 0 Å². The molecule has 3 rings (SSSR count). The Labute approximate surface area is 211 Å². The molecule has 170 valence electrons. The molecule has 0 aromatic heterocycles. The highest BCUT2D eigenvalue weighted by Crippen LogP contribution is 2.68. The topological polar surface area (TPSA) is 154 Å². The van der Waals surface area contributed by atoms with Gasteiger partial charge in [-0.15, -0.1) is 0 Å². The van der Waals surface area contributed by atoms with Gasteiger partial charge in [-0.2, -0.15) is 21.0 Å². The molecule has 0 bridgehead atoms. The summed E-state index contributed by atoms with van der Waals surface area (Å²) in [6, 6.07) is 7.34. The second kappa shape index (κ2) is 10.3. The maximum Gasteiger partial charge on any atom is 0.414 e. The van der Waals surface area contributed by atoms with E-state index in [1.165, 1.54) is 38.0 Å². The van der Waals surface area contributed by atoms with Crippen molar-refractivity contribution in [2.24, 2.45) is 0 Å². The van der Waals surface area contributed by atoms with E-state index in [-0.39, 0.29) is 22.6 Å². The number of benzene rings is 1. The number of fused-ring (bicyclic) bond motifs is 2. The molecular weight excluding hydrogens is 517 g/mol. The van der Waals surface area contributed by atoms with E-state index in [1.807, 2.05) is 24.3 Å². The van der Waals surface area contributed by atoms with Gasteiger partial charge in [0.2, 0.25) is 0 Å². The van der Waals surface area contributed by atoms with E-state index in [1.54, 1.807) is 0 Å². The molecule has 1 aromatic carbocycles. The van der Waals surface area contributed by atoms with Crippen LogP contribution in [0.15, 0.2) is 39.2 Å². The number of allylic oxidation sites excluding steroid dienone is 2. The fourth-order valence-electron chi connectivity index (χ4n) is 2.38. The highest BCUT2D eigenvalue weighted by atomic mass is 32.2. The largest absolute Gasteiger partial charge is 0.414 e. The number of rotatable bonds is 2. The molecular formula is C20H12N6O4S4. The maximum absolute atomic E-state index is 12.5. The standard InChI is InChI=1S/C20H12N6O4S4/c1-25(2)19(27)29-11-13-15(33-17(31-13)9(5-21)6-22)12(30-20(28)26(3)4)16-14(11)32-18(34-16)10(7-23)8-24/h1-4H3. The molecule has 1 aromatic rings. The highest BCUT2D eigenvalue weighted by Gasteiger charge is 2.40. The molecule has 2 amide bonds. The number of hydrogen-bond donors (Lipinski definition) is 0. The van der Waals surface area contributed by atoms with Gasteiger partial charge in [-0.1, -0.05) is 47.0 Å². The Balaban J connectivity index is 2.33. The van der Waals surface area contributed by atoms with Gasteiger partial charge in [-0.25, -0.2) is 9.59 Å². The van der Waals surface area contributed by atoms with Crippen LogP contribution in [-0.4, -0.2) is 50.2 Å². The van der Waals surface area contributed by atoms with Crippen LogP contribution in [0.5, 0.6) is 11.5 Å². The molecule has 14 heteroatoms. The number of thioether (sulfide) groups is 4. The van der Waals surface area contributed by atoms with Crippen molar-refractivity contribution in [3.05, 3.63) is 19.6 Å². The van der Waals surface area contributed by atoms with Crippen molar-refractivity contribution < 1.29 is 19.1 Å². The fourth-order valence-corrected chi connectivity index (χ4v) is 7.55. The van der Waals surface area contributed by atoms with Gasteiger partial charge in [-0.05, 0) is 0 Å². The Morgan fingerprint density at radius 1 is 0.618 bits per heavy atom. The smallest absolute Gasteiger partial charge is 0.408 e. The van der Waals surface area contributed by atoms with Crippen molar-refractivity contribution in [2.45, 2.75) is 19.6 Å². The van der Waals surface area contributed by atoms with E-state index >= 15 is 0 Å². The molecule has 0 fully saturated rings. The lowest BCUT2D eigenvalue weighted by Crippen LogP contribution is -2.26. The van der Waals surface area contributed by atoms with Crippen LogP contribution in [0.1, 0.15) is 0 Å². The van der Waals surface area contributed by atoms with Crippen LogP contribution >= 0.6 is 47.0 Å². The lowest BCUT2D eigenvalue weighted by atomic mass is 10.3. The Kier molecular flexibility index (Phi) is 7.61. The second-order valence-electron chi connectivity index (χ2n) is 6.68. The third kappa shape index (κ3) is 4.63. The minimum absolute atomic E-state index is 0.124. The summed E-state index contributed by atoms with van der Waals surface area (Å²) in [5.41, 5.74) is -0.281. The molecule has 2 aliphatic rings. The van der Waals surface area contributed by atoms with Crippen LogP contribution in [0.4, 0.5) is 9.59 Å². The van der Waals surface area contributed by atoms with Gasteiger partial charge in [-0.3, -0.25) is 0 Å². The van der Waals surface area contributed by atoms with Crippen molar-refractivity contribution in [2.75, 3.05) is 28.2 Å². The van der Waals surface area contributed by atoms with E-state index in [4.69, 9.17) is 9.47 Å². The summed E-state index contributed by atoms with van der Waals surface area (Å²) in [6.45, 7) is 0. The first-order chi connectivity index (χ1) is 16.2. The number of nitrogens with zero attached hydrogens (tertiary/aromatic N) is 6. The summed E-state index contributed by atoms with van der Waals surface area (Å²) in [6.07, 6.45) is -1.37. The van der Waals surface area contributed by atoms with Crippen molar-refractivity contribution >= 4 is 59.2 Å². The average molecular weight is 529 g/mol. The summed E-state index contributed by atoms with van der Waals surface area (Å²) in [7, 11) is 6.01. The minimum atomic E-state index is -0.685. The normalized spacial score (nSPS) is 12.8. The van der Waals surface area contributed by atoms with Gasteiger partial charge >= 0.3 is 12.2 Å². The number of amides is 2. The van der Waals surface area contributed by atoms with Gasteiger partial charge in [0, 0.05) is 28.2 Å². The first-order valence-electron chi connectivity index (χ1n) is 8.99. The van der Waals surface area contributed by atoms with Crippen molar-refractivity contribution in [3.63, 3.8) is 0 Å². The Morgan fingerprint density at radius 3 is 1.09 bits per heavy atom. The quantitative estimate of drug-likeness (QED) is 0.488. The third-order valence-electron chi connectivity index (χ3n) is 3.98. The Morgan fingerprint density at radius 2 is 0.882 bits per heavy atom. The molecule has 2 heterocycles. The number of carbonyl (C=O) groups is 2. The van der Waals surface area contributed by atoms with Crippen LogP contribution in [0.3, 0.4) is 0 Å². The van der Waals surface area contributed by atoms with Gasteiger partial charge < -0.3 is 19.3 Å². The summed E-state index contributed by atoms with van der Waals surface area (Å²) >= 11 is 4.16. The SMILES string of the molecule is CN(C)C(=O)Oc1c2c(c(OC(=O)N(C)C)c3c1SC(=C(C#N)C#N)S3)SC(=C(C#N)C#N)S2. The van der Waals surface area contributed by atoms with E-state index in [0.717, 1.165) is 47.0 Å². The zero-order chi connectivity index (χ0) is 25.2. The fraction of sp³-hybridized carbons (Fsp3) is 0.200. The predicted octanol–water partition coefficient (Wildman–Crippen LogP) is 4.72. The molecule has 0 unspecified atom stereocenters. The van der Waals surface area contributed by atoms with Crippen LogP contribution in [-0.2, 0) is 0 Å². The summed E-state index contributed by atoms with van der Waals surface area (Å²) in [5.74, 6) is 0.248. The number of ether oxygens (including phenoxy) is 2. The van der Waals surface area contributed by atoms with Gasteiger partial charge in [0.1, 0.15) is 35.4 Å². The van der Waals surface area contributed by atoms with Gasteiger partial charge in [0.15, 0.2) is 11.5 Å². The molecule has 0 atom stereocenters. The number of carbonyl (C=O) groups excluding carboxylic acids is 2. The van der Waals surface area contributed by atoms with Gasteiger partial charge in [0.25, 0.3) is 0 Å². The Hall–Kier alpha value is -3.40. The Bertz CT molecular complexity index is 1180. The first-order valence-corrected chi connectivity index (χ1v) is 12.3. The summed E-state index contributed by atoms with van der Waals surface area (Å²) in [5, 5.41) is 37.4. The van der Waals surface area contributed by atoms with Gasteiger partial charge in [0.05, 0.1) is 28.1 Å². The zero-order valence-electron chi connectivity index (χ0n) is 17.9. The minimum Gasteiger partial charge on any atom is -0.408 e. The first kappa shape index (κ1) is 25.2. The molecule has 10 nitrogen and oxygen atoms in total. The molecule has 0 aliphatic carbocycles. The lowest BCUT2D eigenvalue weighted by molar-refractivity contribution is 0.165. The summed E-state index contributed by atoms with van der Waals surface area (Å²) < 4.78 is 12.0. The molecule has 0 saturated heterocycles. The predicted molar refractivity (Wildman–Crippen MR) is 126 cm³/mol. The number of hydrogen-bond acceptors (Lipinski definition) is 12. The zero-order valence-corrected chi connectivity index (χ0v) is 21.2. The molecule has 34 heavy (non-hydrogen) atoms. The second-order valence-corrected chi connectivity index (χ2v) is 11.3. The van der Waals surface area contributed by atoms with Crippen molar-refractivity contribution in [3.8, 4) is 35.8 Å². The van der Waals surface area contributed by atoms with E-state index in [9.17, 15) is 30.6 Å². The average Bonchev–Trinajstić information content (AvgIpc) is 3.43.